The molecule has 16 heavy (non-hydrogen) atoms. The Balaban J connectivity index is 2.31. The lowest BCUT2D eigenvalue weighted by Crippen LogP contribution is -2.23. The SMILES string of the molecule is CCN[C@@H](c1ccccn1)c1noc(C)n1. The lowest BCUT2D eigenvalue weighted by atomic mass is 10.2. The Bertz CT molecular complexity index is 440. The second-order valence-electron chi connectivity index (χ2n) is 3.42. The Hall–Kier alpha value is -1.75. The zero-order valence-corrected chi connectivity index (χ0v) is 9.34. The van der Waals surface area contributed by atoms with Crippen molar-refractivity contribution >= 4 is 0 Å². The van der Waals surface area contributed by atoms with Gasteiger partial charge in [-0.25, -0.2) is 0 Å². The highest BCUT2D eigenvalue weighted by atomic mass is 16.5. The lowest BCUT2D eigenvalue weighted by molar-refractivity contribution is 0.381. The normalized spacial score (nSPS) is 12.6. The maximum Gasteiger partial charge on any atom is 0.223 e. The van der Waals surface area contributed by atoms with E-state index in [1.165, 1.54) is 0 Å². The van der Waals surface area contributed by atoms with Crippen molar-refractivity contribution in [1.29, 1.82) is 0 Å². The molecule has 0 unspecified atom stereocenters. The topological polar surface area (TPSA) is 63.8 Å². The van der Waals surface area contributed by atoms with Gasteiger partial charge in [0.25, 0.3) is 0 Å². The lowest BCUT2D eigenvalue weighted by Gasteiger charge is -2.12. The Morgan fingerprint density at radius 2 is 2.31 bits per heavy atom. The van der Waals surface area contributed by atoms with Crippen LogP contribution >= 0.6 is 0 Å². The number of hydrogen-bond donors (Lipinski definition) is 1. The number of rotatable bonds is 4. The molecular formula is C11H14N4O. The first-order valence-electron chi connectivity index (χ1n) is 5.25. The van der Waals surface area contributed by atoms with E-state index in [1.807, 2.05) is 25.1 Å². The minimum Gasteiger partial charge on any atom is -0.340 e. The van der Waals surface area contributed by atoms with Gasteiger partial charge in [0.05, 0.1) is 5.69 Å². The smallest absolute Gasteiger partial charge is 0.223 e. The molecule has 0 amide bonds. The summed E-state index contributed by atoms with van der Waals surface area (Å²) in [4.78, 5) is 8.52. The van der Waals surface area contributed by atoms with Gasteiger partial charge in [-0.05, 0) is 18.7 Å². The fourth-order valence-corrected chi connectivity index (χ4v) is 1.51. The number of pyridine rings is 1. The molecule has 0 aromatic carbocycles. The molecule has 0 saturated carbocycles. The van der Waals surface area contributed by atoms with Crippen molar-refractivity contribution in [3.05, 3.63) is 41.8 Å². The average molecular weight is 218 g/mol. The van der Waals surface area contributed by atoms with E-state index in [2.05, 4.69) is 20.4 Å². The van der Waals surface area contributed by atoms with E-state index < -0.39 is 0 Å². The van der Waals surface area contributed by atoms with Crippen molar-refractivity contribution in [2.45, 2.75) is 19.9 Å². The maximum absolute atomic E-state index is 4.98. The van der Waals surface area contributed by atoms with Gasteiger partial charge in [0.2, 0.25) is 5.89 Å². The van der Waals surface area contributed by atoms with Crippen LogP contribution in [0.3, 0.4) is 0 Å². The molecule has 0 aliphatic heterocycles. The number of aromatic nitrogens is 3. The molecule has 1 atom stereocenters. The van der Waals surface area contributed by atoms with Gasteiger partial charge in [0.15, 0.2) is 5.82 Å². The van der Waals surface area contributed by atoms with Crippen molar-refractivity contribution in [1.82, 2.24) is 20.4 Å². The highest BCUT2D eigenvalue weighted by Gasteiger charge is 2.19. The molecule has 2 aromatic heterocycles. The zero-order valence-electron chi connectivity index (χ0n) is 9.34. The molecule has 0 aliphatic carbocycles. The van der Waals surface area contributed by atoms with E-state index in [9.17, 15) is 0 Å². The molecule has 0 bridgehead atoms. The Kier molecular flexibility index (Phi) is 3.26. The van der Waals surface area contributed by atoms with E-state index in [1.54, 1.807) is 13.1 Å². The van der Waals surface area contributed by atoms with Gasteiger partial charge in [-0.3, -0.25) is 4.98 Å². The molecule has 0 radical (unpaired) electrons. The molecule has 1 N–H and O–H groups in total. The summed E-state index contributed by atoms with van der Waals surface area (Å²) in [5.74, 6) is 1.19. The van der Waals surface area contributed by atoms with E-state index in [-0.39, 0.29) is 6.04 Å². The summed E-state index contributed by atoms with van der Waals surface area (Å²) >= 11 is 0. The van der Waals surface area contributed by atoms with E-state index in [0.29, 0.717) is 11.7 Å². The van der Waals surface area contributed by atoms with Gasteiger partial charge in [-0.2, -0.15) is 4.98 Å². The van der Waals surface area contributed by atoms with Crippen LogP contribution in [0.1, 0.15) is 30.4 Å². The third kappa shape index (κ3) is 2.25. The Morgan fingerprint density at radius 1 is 1.44 bits per heavy atom. The largest absolute Gasteiger partial charge is 0.340 e. The van der Waals surface area contributed by atoms with Gasteiger partial charge in [-0.15, -0.1) is 0 Å². The number of aryl methyl sites for hydroxylation is 1. The summed E-state index contributed by atoms with van der Waals surface area (Å²) in [6.45, 7) is 4.62. The summed E-state index contributed by atoms with van der Waals surface area (Å²) < 4.78 is 4.98. The predicted molar refractivity (Wildman–Crippen MR) is 58.8 cm³/mol. The highest BCUT2D eigenvalue weighted by Crippen LogP contribution is 2.16. The minimum atomic E-state index is -0.108. The minimum absolute atomic E-state index is 0.108. The molecule has 2 aromatic rings. The van der Waals surface area contributed by atoms with Crippen LogP contribution in [0.5, 0.6) is 0 Å². The molecule has 0 fully saturated rings. The molecule has 0 aliphatic rings. The van der Waals surface area contributed by atoms with Crippen molar-refractivity contribution in [3.63, 3.8) is 0 Å². The quantitative estimate of drug-likeness (QED) is 0.842. The molecule has 2 rings (SSSR count). The van der Waals surface area contributed by atoms with Crippen LogP contribution in [0.4, 0.5) is 0 Å². The average Bonchev–Trinajstić information content (AvgIpc) is 2.74. The standard InChI is InChI=1S/C11H14N4O/c1-3-12-10(9-6-4-5-7-13-9)11-14-8(2)16-15-11/h4-7,10,12H,3H2,1-2H3/t10-/m0/s1. The molecule has 2 heterocycles. The Morgan fingerprint density at radius 3 is 2.88 bits per heavy atom. The third-order valence-corrected chi connectivity index (χ3v) is 2.19. The van der Waals surface area contributed by atoms with Gasteiger partial charge in [0.1, 0.15) is 6.04 Å². The molecule has 5 nitrogen and oxygen atoms in total. The summed E-state index contributed by atoms with van der Waals surface area (Å²) in [6.07, 6.45) is 1.76. The van der Waals surface area contributed by atoms with Gasteiger partial charge >= 0.3 is 0 Å². The maximum atomic E-state index is 4.98. The zero-order chi connectivity index (χ0) is 11.4. The van der Waals surface area contributed by atoms with Crippen molar-refractivity contribution in [2.75, 3.05) is 6.54 Å². The molecule has 0 saturated heterocycles. The van der Waals surface area contributed by atoms with Crippen molar-refractivity contribution in [3.8, 4) is 0 Å². The van der Waals surface area contributed by atoms with E-state index in [4.69, 9.17) is 4.52 Å². The van der Waals surface area contributed by atoms with Gasteiger partial charge in [0, 0.05) is 13.1 Å². The fourth-order valence-electron chi connectivity index (χ4n) is 1.51. The number of nitrogens with zero attached hydrogens (tertiary/aromatic N) is 3. The van der Waals surface area contributed by atoms with Crippen LogP contribution in [0.25, 0.3) is 0 Å². The fraction of sp³-hybridized carbons (Fsp3) is 0.364. The second-order valence-corrected chi connectivity index (χ2v) is 3.42. The van der Waals surface area contributed by atoms with Crippen LogP contribution in [0, 0.1) is 6.92 Å². The van der Waals surface area contributed by atoms with E-state index in [0.717, 1.165) is 12.2 Å². The molecular weight excluding hydrogens is 204 g/mol. The third-order valence-electron chi connectivity index (χ3n) is 2.19. The first kappa shape index (κ1) is 10.8. The summed E-state index contributed by atoms with van der Waals surface area (Å²) in [7, 11) is 0. The van der Waals surface area contributed by atoms with Gasteiger partial charge in [-0.1, -0.05) is 18.1 Å². The molecule has 0 spiro atoms. The first-order valence-corrected chi connectivity index (χ1v) is 5.25. The van der Waals surface area contributed by atoms with E-state index >= 15 is 0 Å². The molecule has 84 valence electrons. The summed E-state index contributed by atoms with van der Waals surface area (Å²) in [5, 5.41) is 7.20. The monoisotopic (exact) mass is 218 g/mol. The summed E-state index contributed by atoms with van der Waals surface area (Å²) in [6, 6.07) is 5.66. The van der Waals surface area contributed by atoms with Crippen molar-refractivity contribution in [2.24, 2.45) is 0 Å². The van der Waals surface area contributed by atoms with Crippen molar-refractivity contribution < 1.29 is 4.52 Å². The van der Waals surface area contributed by atoms with Crippen LogP contribution in [0.15, 0.2) is 28.9 Å². The predicted octanol–water partition coefficient (Wildman–Crippen LogP) is 1.47. The van der Waals surface area contributed by atoms with Crippen LogP contribution in [0.2, 0.25) is 0 Å². The Labute approximate surface area is 93.9 Å². The second kappa shape index (κ2) is 4.85. The van der Waals surface area contributed by atoms with Gasteiger partial charge < -0.3 is 9.84 Å². The summed E-state index contributed by atoms with van der Waals surface area (Å²) in [5.41, 5.74) is 0.894. The highest BCUT2D eigenvalue weighted by molar-refractivity contribution is 5.16. The van der Waals surface area contributed by atoms with Crippen LogP contribution in [-0.4, -0.2) is 21.7 Å². The van der Waals surface area contributed by atoms with Crippen LogP contribution < -0.4 is 5.32 Å². The number of hydrogen-bond acceptors (Lipinski definition) is 5. The van der Waals surface area contributed by atoms with Crippen LogP contribution in [-0.2, 0) is 0 Å². The first-order chi connectivity index (χ1) is 7.81. The molecule has 5 heteroatoms. The number of nitrogens with one attached hydrogen (secondary N) is 1.